The number of nitrogens with one attached hydrogen (secondary N) is 1. The summed E-state index contributed by atoms with van der Waals surface area (Å²) in [5.74, 6) is -0.431. The lowest BCUT2D eigenvalue weighted by atomic mass is 9.88. The van der Waals surface area contributed by atoms with E-state index in [0.717, 1.165) is 0 Å². The van der Waals surface area contributed by atoms with Gasteiger partial charge in [0, 0.05) is 24.0 Å². The van der Waals surface area contributed by atoms with Crippen LogP contribution in [0.25, 0.3) is 0 Å². The first kappa shape index (κ1) is 17.2. The molecule has 24 heavy (non-hydrogen) atoms. The number of halogens is 1. The maximum Gasteiger partial charge on any atom is 0.254 e. The van der Waals surface area contributed by atoms with Crippen molar-refractivity contribution < 1.29 is 19.1 Å². The molecule has 0 unspecified atom stereocenters. The van der Waals surface area contributed by atoms with E-state index in [1.54, 1.807) is 30.1 Å². The standard InChI is InChI=1S/C17H21ClN2O4/c1-17(9-23-10-17)8-20(2)16(22)15-14(19-13(21)7-24-15)11-5-3-4-6-12(11)18/h3-6,14-15H,7-10H2,1-2H3,(H,19,21)/t14-,15+/m1/s1. The lowest BCUT2D eigenvalue weighted by Crippen LogP contribution is -2.56. The molecule has 1 aromatic carbocycles. The number of rotatable bonds is 4. The largest absolute Gasteiger partial charge is 0.380 e. The van der Waals surface area contributed by atoms with Crippen molar-refractivity contribution in [1.29, 1.82) is 0 Å². The first-order valence-corrected chi connectivity index (χ1v) is 8.25. The number of carbonyl (C=O) groups excluding carboxylic acids is 2. The Bertz CT molecular complexity index is 647. The van der Waals surface area contributed by atoms with Crippen molar-refractivity contribution in [2.45, 2.75) is 19.1 Å². The molecule has 6 nitrogen and oxygen atoms in total. The molecule has 0 radical (unpaired) electrons. The van der Waals surface area contributed by atoms with Crippen molar-refractivity contribution in [1.82, 2.24) is 10.2 Å². The van der Waals surface area contributed by atoms with Crippen molar-refractivity contribution in [2.24, 2.45) is 5.41 Å². The van der Waals surface area contributed by atoms with Gasteiger partial charge in [0.1, 0.15) is 6.61 Å². The smallest absolute Gasteiger partial charge is 0.254 e. The normalized spacial score (nSPS) is 25.5. The molecule has 2 amide bonds. The van der Waals surface area contributed by atoms with Crippen LogP contribution in [0.4, 0.5) is 0 Å². The quantitative estimate of drug-likeness (QED) is 0.889. The minimum atomic E-state index is -0.794. The zero-order valence-corrected chi connectivity index (χ0v) is 14.5. The monoisotopic (exact) mass is 352 g/mol. The number of benzene rings is 1. The molecule has 2 heterocycles. The molecule has 0 saturated carbocycles. The van der Waals surface area contributed by atoms with E-state index in [1.165, 1.54) is 0 Å². The highest BCUT2D eigenvalue weighted by atomic mass is 35.5. The molecule has 1 N–H and O–H groups in total. The van der Waals surface area contributed by atoms with Crippen LogP contribution in [-0.4, -0.2) is 56.2 Å². The number of morpholine rings is 1. The predicted molar refractivity (Wildman–Crippen MR) is 88.6 cm³/mol. The Morgan fingerprint density at radius 3 is 2.75 bits per heavy atom. The predicted octanol–water partition coefficient (Wildman–Crippen LogP) is 1.39. The number of hydrogen-bond donors (Lipinski definition) is 1. The van der Waals surface area contributed by atoms with Crippen LogP contribution in [0.15, 0.2) is 24.3 Å². The molecule has 1 aromatic rings. The molecule has 7 heteroatoms. The van der Waals surface area contributed by atoms with E-state index in [1.807, 2.05) is 6.07 Å². The Hall–Kier alpha value is -1.63. The van der Waals surface area contributed by atoms with Crippen LogP contribution in [-0.2, 0) is 19.1 Å². The van der Waals surface area contributed by atoms with Crippen LogP contribution in [0.1, 0.15) is 18.5 Å². The van der Waals surface area contributed by atoms with Crippen molar-refractivity contribution in [3.63, 3.8) is 0 Å². The van der Waals surface area contributed by atoms with E-state index in [2.05, 4.69) is 12.2 Å². The molecule has 2 atom stereocenters. The summed E-state index contributed by atoms with van der Waals surface area (Å²) >= 11 is 6.24. The Morgan fingerprint density at radius 1 is 1.42 bits per heavy atom. The summed E-state index contributed by atoms with van der Waals surface area (Å²) in [5, 5.41) is 3.32. The zero-order chi connectivity index (χ0) is 17.3. The topological polar surface area (TPSA) is 67.9 Å². The van der Waals surface area contributed by atoms with Gasteiger partial charge in [-0.2, -0.15) is 0 Å². The van der Waals surface area contributed by atoms with E-state index in [9.17, 15) is 9.59 Å². The van der Waals surface area contributed by atoms with Crippen molar-refractivity contribution in [2.75, 3.05) is 33.4 Å². The molecule has 0 spiro atoms. The average Bonchev–Trinajstić information content (AvgIpc) is 2.53. The molecule has 3 rings (SSSR count). The van der Waals surface area contributed by atoms with Gasteiger partial charge in [-0.1, -0.05) is 36.7 Å². The third kappa shape index (κ3) is 3.41. The van der Waals surface area contributed by atoms with Crippen LogP contribution in [0, 0.1) is 5.41 Å². The number of nitrogens with zero attached hydrogens (tertiary/aromatic N) is 1. The molecule has 0 bridgehead atoms. The average molecular weight is 353 g/mol. The fourth-order valence-electron chi connectivity index (χ4n) is 3.14. The SMILES string of the molecule is CN(CC1(C)COC1)C(=O)[C@H]1OCC(=O)N[C@@H]1c1ccccc1Cl. The maximum atomic E-state index is 12.9. The van der Waals surface area contributed by atoms with E-state index in [0.29, 0.717) is 30.3 Å². The van der Waals surface area contributed by atoms with Gasteiger partial charge in [0.05, 0.1) is 19.3 Å². The van der Waals surface area contributed by atoms with E-state index in [4.69, 9.17) is 21.1 Å². The minimum Gasteiger partial charge on any atom is -0.380 e. The summed E-state index contributed by atoms with van der Waals surface area (Å²) in [4.78, 5) is 26.3. The highest BCUT2D eigenvalue weighted by Crippen LogP contribution is 2.31. The highest BCUT2D eigenvalue weighted by Gasteiger charge is 2.41. The highest BCUT2D eigenvalue weighted by molar-refractivity contribution is 6.31. The molecule has 2 saturated heterocycles. The van der Waals surface area contributed by atoms with Crippen molar-refractivity contribution >= 4 is 23.4 Å². The summed E-state index contributed by atoms with van der Waals surface area (Å²) in [6.45, 7) is 3.80. The van der Waals surface area contributed by atoms with E-state index in [-0.39, 0.29) is 23.8 Å². The maximum absolute atomic E-state index is 12.9. The molecule has 2 fully saturated rings. The van der Waals surface area contributed by atoms with Crippen molar-refractivity contribution in [3.8, 4) is 0 Å². The number of carbonyl (C=O) groups is 2. The van der Waals surface area contributed by atoms with Gasteiger partial charge in [-0.25, -0.2) is 0 Å². The number of hydrogen-bond acceptors (Lipinski definition) is 4. The van der Waals surface area contributed by atoms with Crippen LogP contribution < -0.4 is 5.32 Å². The number of likely N-dealkylation sites (N-methyl/N-ethyl adjacent to an activating group) is 1. The summed E-state index contributed by atoms with van der Waals surface area (Å²) in [6, 6.07) is 6.55. The van der Waals surface area contributed by atoms with Gasteiger partial charge in [-0.05, 0) is 11.6 Å². The fourth-order valence-corrected chi connectivity index (χ4v) is 3.40. The third-order valence-electron chi connectivity index (χ3n) is 4.39. The molecule has 0 aromatic heterocycles. The first-order chi connectivity index (χ1) is 11.4. The van der Waals surface area contributed by atoms with Gasteiger partial charge in [-0.3, -0.25) is 9.59 Å². The Balaban J connectivity index is 1.79. The number of amides is 2. The van der Waals surface area contributed by atoms with Gasteiger partial charge >= 0.3 is 0 Å². The van der Waals surface area contributed by atoms with Crippen LogP contribution >= 0.6 is 11.6 Å². The van der Waals surface area contributed by atoms with Gasteiger partial charge in [0.2, 0.25) is 5.91 Å². The second-order valence-electron chi connectivity index (χ2n) is 6.80. The van der Waals surface area contributed by atoms with Crippen molar-refractivity contribution in [3.05, 3.63) is 34.9 Å². The van der Waals surface area contributed by atoms with Gasteiger partial charge in [-0.15, -0.1) is 0 Å². The van der Waals surface area contributed by atoms with Gasteiger partial charge < -0.3 is 19.7 Å². The zero-order valence-electron chi connectivity index (χ0n) is 13.8. The molecule has 130 valence electrons. The van der Waals surface area contributed by atoms with Gasteiger partial charge in [0.15, 0.2) is 6.10 Å². The fraction of sp³-hybridized carbons (Fsp3) is 0.529. The summed E-state index contributed by atoms with van der Waals surface area (Å²) in [7, 11) is 1.75. The van der Waals surface area contributed by atoms with E-state index < -0.39 is 12.1 Å². The van der Waals surface area contributed by atoms with Gasteiger partial charge in [0.25, 0.3) is 5.91 Å². The Labute approximate surface area is 146 Å². The first-order valence-electron chi connectivity index (χ1n) is 7.88. The van der Waals surface area contributed by atoms with E-state index >= 15 is 0 Å². The Kier molecular flexibility index (Phi) is 4.80. The Morgan fingerprint density at radius 2 is 2.12 bits per heavy atom. The summed E-state index contributed by atoms with van der Waals surface area (Å²) in [6.07, 6.45) is -0.794. The molecule has 2 aliphatic rings. The second kappa shape index (κ2) is 6.70. The molecular weight excluding hydrogens is 332 g/mol. The minimum absolute atomic E-state index is 0.0256. The molecule has 2 aliphatic heterocycles. The lowest BCUT2D eigenvalue weighted by molar-refractivity contribution is -0.160. The number of ether oxygens (including phenoxy) is 2. The molecule has 0 aliphatic carbocycles. The summed E-state index contributed by atoms with van der Waals surface area (Å²) in [5.41, 5.74) is 0.652. The molecular formula is C17H21ClN2O4. The lowest BCUT2D eigenvalue weighted by Gasteiger charge is -2.42. The van der Waals surface area contributed by atoms with Crippen LogP contribution in [0.5, 0.6) is 0 Å². The van der Waals surface area contributed by atoms with Crippen LogP contribution in [0.2, 0.25) is 5.02 Å². The van der Waals surface area contributed by atoms with Crippen LogP contribution in [0.3, 0.4) is 0 Å². The second-order valence-corrected chi connectivity index (χ2v) is 7.20. The third-order valence-corrected chi connectivity index (χ3v) is 4.74. The summed E-state index contributed by atoms with van der Waals surface area (Å²) < 4.78 is 10.8.